The maximum atomic E-state index is 12.8. The van der Waals surface area contributed by atoms with Crippen molar-refractivity contribution in [2.45, 2.75) is 36.2 Å². The molecule has 0 saturated heterocycles. The van der Waals surface area contributed by atoms with Crippen molar-refractivity contribution in [3.8, 4) is 11.5 Å². The number of rotatable bonds is 6. The molecule has 2 aromatic heterocycles. The van der Waals surface area contributed by atoms with E-state index in [1.54, 1.807) is 6.20 Å². The van der Waals surface area contributed by atoms with Crippen LogP contribution in [0, 0.1) is 0 Å². The average Bonchev–Trinajstić information content (AvgIpc) is 3.36. The Morgan fingerprint density at radius 1 is 1.15 bits per heavy atom. The van der Waals surface area contributed by atoms with Gasteiger partial charge in [0.15, 0.2) is 11.0 Å². The lowest BCUT2D eigenvalue weighted by Crippen LogP contribution is -2.27. The molecule has 1 aliphatic carbocycles. The third kappa shape index (κ3) is 3.22. The van der Waals surface area contributed by atoms with Crippen molar-refractivity contribution >= 4 is 23.4 Å². The van der Waals surface area contributed by atoms with Crippen LogP contribution in [0.2, 0.25) is 0 Å². The molecule has 26 heavy (non-hydrogen) atoms. The summed E-state index contributed by atoms with van der Waals surface area (Å²) in [7, 11) is 0. The minimum absolute atomic E-state index is 0.0266. The van der Waals surface area contributed by atoms with Gasteiger partial charge in [-0.05, 0) is 44.0 Å². The lowest BCUT2D eigenvalue weighted by Gasteiger charge is -2.15. The number of pyridine rings is 1. The molecule has 1 amide bonds. The molecule has 1 aliphatic rings. The van der Waals surface area contributed by atoms with Crippen molar-refractivity contribution in [3.05, 3.63) is 54.7 Å². The summed E-state index contributed by atoms with van der Waals surface area (Å²) in [6.07, 6.45) is 3.42. The summed E-state index contributed by atoms with van der Waals surface area (Å²) in [6, 6.07) is 15.3. The van der Waals surface area contributed by atoms with Crippen molar-refractivity contribution in [1.82, 2.24) is 19.7 Å². The Hall–Kier alpha value is -2.67. The smallest absolute Gasteiger partial charge is 0.241 e. The third-order valence-corrected chi connectivity index (χ3v) is 5.83. The van der Waals surface area contributed by atoms with Gasteiger partial charge >= 0.3 is 0 Å². The Morgan fingerprint density at radius 2 is 1.92 bits per heavy atom. The summed E-state index contributed by atoms with van der Waals surface area (Å²) in [5.41, 5.74) is 1.60. The first-order valence-electron chi connectivity index (χ1n) is 8.62. The van der Waals surface area contributed by atoms with Crippen LogP contribution in [-0.2, 0) is 11.3 Å². The van der Waals surface area contributed by atoms with E-state index in [-0.39, 0.29) is 5.91 Å². The molecular weight excluding hydrogens is 346 g/mol. The molecule has 1 aromatic carbocycles. The summed E-state index contributed by atoms with van der Waals surface area (Å²) >= 11 is 1.50. The van der Waals surface area contributed by atoms with E-state index < -0.39 is 4.75 Å². The summed E-state index contributed by atoms with van der Waals surface area (Å²) in [4.78, 5) is 17.1. The van der Waals surface area contributed by atoms with E-state index in [4.69, 9.17) is 0 Å². The zero-order valence-electron chi connectivity index (χ0n) is 14.4. The molecule has 7 heteroatoms. The predicted octanol–water partition coefficient (Wildman–Crippen LogP) is 3.62. The fourth-order valence-corrected chi connectivity index (χ4v) is 3.97. The van der Waals surface area contributed by atoms with Crippen LogP contribution in [0.3, 0.4) is 0 Å². The second-order valence-electron chi connectivity index (χ2n) is 6.18. The monoisotopic (exact) mass is 365 g/mol. The fraction of sp³-hybridized carbons (Fsp3) is 0.263. The number of para-hydroxylation sites is 1. The third-order valence-electron chi connectivity index (χ3n) is 4.36. The molecule has 0 radical (unpaired) electrons. The Morgan fingerprint density at radius 3 is 2.58 bits per heavy atom. The van der Waals surface area contributed by atoms with Crippen molar-refractivity contribution in [1.29, 1.82) is 0 Å². The number of carbonyl (C=O) groups is 1. The van der Waals surface area contributed by atoms with Crippen molar-refractivity contribution in [2.75, 3.05) is 5.32 Å². The van der Waals surface area contributed by atoms with E-state index in [2.05, 4.69) is 20.5 Å². The van der Waals surface area contributed by atoms with E-state index in [0.717, 1.165) is 41.7 Å². The van der Waals surface area contributed by atoms with Crippen molar-refractivity contribution < 1.29 is 4.79 Å². The molecule has 1 fully saturated rings. The highest BCUT2D eigenvalue weighted by Crippen LogP contribution is 2.52. The number of hydrogen-bond acceptors (Lipinski definition) is 5. The van der Waals surface area contributed by atoms with Crippen LogP contribution in [0.4, 0.5) is 5.69 Å². The topological polar surface area (TPSA) is 72.7 Å². The maximum absolute atomic E-state index is 12.8. The number of benzene rings is 1. The van der Waals surface area contributed by atoms with Gasteiger partial charge < -0.3 is 9.88 Å². The molecule has 6 nitrogen and oxygen atoms in total. The second-order valence-corrected chi connectivity index (χ2v) is 7.53. The Balaban J connectivity index is 1.55. The number of thioether (sulfide) groups is 1. The molecule has 132 valence electrons. The van der Waals surface area contributed by atoms with E-state index >= 15 is 0 Å². The summed E-state index contributed by atoms with van der Waals surface area (Å²) < 4.78 is 1.56. The highest BCUT2D eigenvalue weighted by atomic mass is 32.2. The molecule has 2 heterocycles. The van der Waals surface area contributed by atoms with Crippen LogP contribution in [0.15, 0.2) is 59.9 Å². The minimum atomic E-state index is -0.461. The first-order chi connectivity index (χ1) is 12.7. The number of nitrogens with zero attached hydrogens (tertiary/aromatic N) is 4. The predicted molar refractivity (Wildman–Crippen MR) is 102 cm³/mol. The van der Waals surface area contributed by atoms with Crippen LogP contribution in [0.5, 0.6) is 0 Å². The first-order valence-corrected chi connectivity index (χ1v) is 9.43. The van der Waals surface area contributed by atoms with E-state index in [9.17, 15) is 4.79 Å². The zero-order chi connectivity index (χ0) is 18.0. The normalized spacial score (nSPS) is 14.8. The molecule has 1 N–H and O–H groups in total. The largest absolute Gasteiger partial charge is 0.325 e. The van der Waals surface area contributed by atoms with Gasteiger partial charge in [-0.25, -0.2) is 0 Å². The summed E-state index contributed by atoms with van der Waals surface area (Å²) in [5.74, 6) is 0.758. The number of nitrogens with one attached hydrogen (secondary N) is 1. The quantitative estimate of drug-likeness (QED) is 0.722. The van der Waals surface area contributed by atoms with Crippen LogP contribution in [0.1, 0.15) is 19.8 Å². The lowest BCUT2D eigenvalue weighted by molar-refractivity contribution is -0.116. The molecule has 1 saturated carbocycles. The molecule has 4 rings (SSSR count). The molecule has 3 aromatic rings. The lowest BCUT2D eigenvalue weighted by atomic mass is 10.3. The Bertz CT molecular complexity index is 906. The van der Waals surface area contributed by atoms with E-state index in [1.165, 1.54) is 11.8 Å². The summed E-state index contributed by atoms with van der Waals surface area (Å²) in [6.45, 7) is 2.76. The van der Waals surface area contributed by atoms with Crippen molar-refractivity contribution in [3.63, 3.8) is 0 Å². The van der Waals surface area contributed by atoms with Gasteiger partial charge in [-0.2, -0.15) is 0 Å². The molecule has 0 atom stereocenters. The number of anilines is 1. The SMILES string of the molecule is CCn1c(SC2(C(=O)Nc3ccccc3)CC2)nnc1-c1ccccn1. The van der Waals surface area contributed by atoms with Crippen molar-refractivity contribution in [2.24, 2.45) is 0 Å². The Labute approximate surface area is 156 Å². The van der Waals surface area contributed by atoms with Crippen LogP contribution in [0.25, 0.3) is 11.5 Å². The number of hydrogen-bond donors (Lipinski definition) is 1. The number of amides is 1. The highest BCUT2D eigenvalue weighted by Gasteiger charge is 2.52. The number of aromatic nitrogens is 4. The van der Waals surface area contributed by atoms with Gasteiger partial charge in [0.1, 0.15) is 10.4 Å². The van der Waals surface area contributed by atoms with Gasteiger partial charge in [-0.3, -0.25) is 9.78 Å². The van der Waals surface area contributed by atoms with Crippen LogP contribution < -0.4 is 5.32 Å². The molecular formula is C19H19N5OS. The van der Waals surface area contributed by atoms with Gasteiger partial charge in [-0.15, -0.1) is 10.2 Å². The first kappa shape index (κ1) is 16.8. The molecule has 0 aliphatic heterocycles. The fourth-order valence-electron chi connectivity index (χ4n) is 2.76. The summed E-state index contributed by atoms with van der Waals surface area (Å²) in [5, 5.41) is 12.4. The number of carbonyl (C=O) groups excluding carboxylic acids is 1. The molecule has 0 spiro atoms. The molecule has 0 unspecified atom stereocenters. The van der Waals surface area contributed by atoms with Crippen LogP contribution in [-0.4, -0.2) is 30.4 Å². The Kier molecular flexibility index (Phi) is 4.46. The molecule has 0 bridgehead atoms. The van der Waals surface area contributed by atoms with Gasteiger partial charge in [0, 0.05) is 18.4 Å². The van der Waals surface area contributed by atoms with Gasteiger partial charge in [0.25, 0.3) is 0 Å². The van der Waals surface area contributed by atoms with E-state index in [0.29, 0.717) is 0 Å². The van der Waals surface area contributed by atoms with Gasteiger partial charge in [0.2, 0.25) is 5.91 Å². The van der Waals surface area contributed by atoms with Crippen LogP contribution >= 0.6 is 11.8 Å². The zero-order valence-corrected chi connectivity index (χ0v) is 15.2. The maximum Gasteiger partial charge on any atom is 0.241 e. The van der Waals surface area contributed by atoms with Gasteiger partial charge in [-0.1, -0.05) is 36.0 Å². The average molecular weight is 365 g/mol. The van der Waals surface area contributed by atoms with Gasteiger partial charge in [0.05, 0.1) is 0 Å². The minimum Gasteiger partial charge on any atom is -0.325 e. The standard InChI is InChI=1S/C19H19N5OS/c1-2-24-16(15-10-6-7-13-20-15)22-23-18(24)26-19(11-12-19)17(25)21-14-8-4-3-5-9-14/h3-10,13H,2,11-12H2,1H3,(H,21,25). The van der Waals surface area contributed by atoms with E-state index in [1.807, 2.05) is 60.0 Å². The highest BCUT2D eigenvalue weighted by molar-refractivity contribution is 8.01. The second kappa shape index (κ2) is 6.92.